The summed E-state index contributed by atoms with van der Waals surface area (Å²) in [6.45, 7) is 3.56. The lowest BCUT2D eigenvalue weighted by atomic mass is 9.89. The highest BCUT2D eigenvalue weighted by molar-refractivity contribution is 6.07. The SMILES string of the molecule is C[C@@H](NC(=O)CCCCCNC(=O)Cc1ccc(-c2c3ccc(=O)cc-3oc3cc(O)ccc23)c(C(=O)O)c1)C(=O)N[C@@H]1C(=O)O[C@@H]1C. The second-order valence-electron chi connectivity index (χ2n) is 11.8. The molecule has 5 N–H and O–H groups in total. The van der Waals surface area contributed by atoms with Crippen LogP contribution in [0.15, 0.2) is 63.8 Å². The Morgan fingerprint density at radius 3 is 2.42 bits per heavy atom. The number of esters is 1. The molecule has 0 bridgehead atoms. The van der Waals surface area contributed by atoms with Crippen molar-refractivity contribution in [1.82, 2.24) is 16.0 Å². The molecule has 0 aromatic heterocycles. The summed E-state index contributed by atoms with van der Waals surface area (Å²) >= 11 is 0. The van der Waals surface area contributed by atoms with Gasteiger partial charge in [0.1, 0.15) is 29.2 Å². The molecule has 0 radical (unpaired) electrons. The second-order valence-corrected chi connectivity index (χ2v) is 11.8. The third-order valence-corrected chi connectivity index (χ3v) is 8.12. The van der Waals surface area contributed by atoms with E-state index in [1.807, 2.05) is 0 Å². The molecule has 0 unspecified atom stereocenters. The zero-order chi connectivity index (χ0) is 34.5. The van der Waals surface area contributed by atoms with Gasteiger partial charge in [0.2, 0.25) is 17.7 Å². The summed E-state index contributed by atoms with van der Waals surface area (Å²) in [5.41, 5.74) is 1.82. The number of fused-ring (bicyclic) bond motifs is 2. The molecule has 0 saturated carbocycles. The van der Waals surface area contributed by atoms with Crippen LogP contribution in [0.25, 0.3) is 33.4 Å². The van der Waals surface area contributed by atoms with Crippen molar-refractivity contribution < 1.29 is 43.3 Å². The summed E-state index contributed by atoms with van der Waals surface area (Å²) in [4.78, 5) is 73.0. The number of cyclic esters (lactones) is 1. The van der Waals surface area contributed by atoms with E-state index in [-0.39, 0.29) is 52.7 Å². The van der Waals surface area contributed by atoms with E-state index in [0.717, 1.165) is 0 Å². The van der Waals surface area contributed by atoms with Gasteiger partial charge in [-0.25, -0.2) is 9.59 Å². The molecule has 1 fully saturated rings. The number of unbranched alkanes of at least 4 members (excludes halogenated alkanes) is 2. The van der Waals surface area contributed by atoms with E-state index in [2.05, 4.69) is 16.0 Å². The average molecular weight is 658 g/mol. The van der Waals surface area contributed by atoms with Crippen molar-refractivity contribution in [2.75, 3.05) is 6.54 Å². The highest BCUT2D eigenvalue weighted by Gasteiger charge is 2.40. The van der Waals surface area contributed by atoms with Crippen LogP contribution < -0.4 is 21.4 Å². The molecule has 2 heterocycles. The van der Waals surface area contributed by atoms with Crippen LogP contribution in [-0.4, -0.2) is 64.6 Å². The maximum atomic E-state index is 12.7. The molecule has 2 aromatic rings. The molecule has 1 saturated heterocycles. The van der Waals surface area contributed by atoms with Crippen molar-refractivity contribution in [1.29, 1.82) is 0 Å². The summed E-state index contributed by atoms with van der Waals surface area (Å²) in [6.07, 6.45) is 1.53. The first-order chi connectivity index (χ1) is 22.9. The van der Waals surface area contributed by atoms with E-state index < -0.39 is 36.0 Å². The molecule has 13 heteroatoms. The minimum absolute atomic E-state index is 0.0430. The fourth-order valence-electron chi connectivity index (χ4n) is 5.59. The first-order valence-electron chi connectivity index (χ1n) is 15.5. The number of carbonyl (C=O) groups excluding carboxylic acids is 4. The quantitative estimate of drug-likeness (QED) is 0.0808. The highest BCUT2D eigenvalue weighted by atomic mass is 16.6. The minimum Gasteiger partial charge on any atom is -0.508 e. The van der Waals surface area contributed by atoms with Crippen LogP contribution in [0, 0.1) is 0 Å². The van der Waals surface area contributed by atoms with Gasteiger partial charge in [0.25, 0.3) is 0 Å². The van der Waals surface area contributed by atoms with E-state index in [1.165, 1.54) is 37.3 Å². The van der Waals surface area contributed by atoms with Crippen molar-refractivity contribution in [3.05, 3.63) is 75.9 Å². The molecule has 13 nitrogen and oxygen atoms in total. The first-order valence-corrected chi connectivity index (χ1v) is 15.5. The highest BCUT2D eigenvalue weighted by Crippen LogP contribution is 2.42. The smallest absolute Gasteiger partial charge is 0.336 e. The molecule has 48 heavy (non-hydrogen) atoms. The van der Waals surface area contributed by atoms with Crippen LogP contribution in [0.3, 0.4) is 0 Å². The number of hydrogen-bond donors (Lipinski definition) is 5. The van der Waals surface area contributed by atoms with Gasteiger partial charge in [-0.05, 0) is 68.1 Å². The summed E-state index contributed by atoms with van der Waals surface area (Å²) < 4.78 is 10.7. The third-order valence-electron chi connectivity index (χ3n) is 8.12. The summed E-state index contributed by atoms with van der Waals surface area (Å²) in [5, 5.41) is 28.7. The van der Waals surface area contributed by atoms with Crippen LogP contribution in [0.4, 0.5) is 0 Å². The number of benzene rings is 3. The zero-order valence-corrected chi connectivity index (χ0v) is 26.3. The van der Waals surface area contributed by atoms with E-state index in [1.54, 1.807) is 31.2 Å². The lowest BCUT2D eigenvalue weighted by Crippen LogP contribution is -2.61. The monoisotopic (exact) mass is 657 g/mol. The molecule has 2 aromatic carbocycles. The van der Waals surface area contributed by atoms with Crippen LogP contribution >= 0.6 is 0 Å². The number of hydrogen-bond acceptors (Lipinski definition) is 9. The number of phenols is 1. The van der Waals surface area contributed by atoms with Gasteiger partial charge in [-0.15, -0.1) is 0 Å². The fraction of sp³-hybridized carbons (Fsp3) is 0.314. The van der Waals surface area contributed by atoms with E-state index in [4.69, 9.17) is 9.15 Å². The number of aromatic hydroxyl groups is 1. The molecule has 1 aliphatic carbocycles. The van der Waals surface area contributed by atoms with E-state index >= 15 is 0 Å². The number of aromatic carboxylic acids is 1. The number of carboxylic acids is 1. The molecule has 2 aliphatic heterocycles. The van der Waals surface area contributed by atoms with E-state index in [0.29, 0.717) is 53.4 Å². The maximum Gasteiger partial charge on any atom is 0.336 e. The Morgan fingerprint density at radius 2 is 1.69 bits per heavy atom. The van der Waals surface area contributed by atoms with Crippen molar-refractivity contribution in [3.63, 3.8) is 0 Å². The molecule has 3 atom stereocenters. The minimum atomic E-state index is -1.20. The van der Waals surface area contributed by atoms with Crippen LogP contribution in [0.1, 0.15) is 55.5 Å². The Hall–Kier alpha value is -5.72. The predicted molar refractivity (Wildman–Crippen MR) is 173 cm³/mol. The van der Waals surface area contributed by atoms with E-state index in [9.17, 15) is 39.0 Å². The Kier molecular flexibility index (Phi) is 10.1. The van der Waals surface area contributed by atoms with Crippen molar-refractivity contribution in [2.24, 2.45) is 0 Å². The van der Waals surface area contributed by atoms with Crippen LogP contribution in [-0.2, 0) is 30.3 Å². The number of carbonyl (C=O) groups is 5. The van der Waals surface area contributed by atoms with Gasteiger partial charge >= 0.3 is 11.9 Å². The summed E-state index contributed by atoms with van der Waals surface area (Å²) in [7, 11) is 0. The Labute approximate surface area is 274 Å². The largest absolute Gasteiger partial charge is 0.508 e. The van der Waals surface area contributed by atoms with Crippen molar-refractivity contribution >= 4 is 40.6 Å². The standard InChI is InChI=1S/C35H35N3O10/c1-18(33(43)38-32-19(2)47-35(32)46)37-29(41)6-4-3-5-13-36-30(42)15-20-7-10-23(26(14-20)34(44)45)31-24-11-8-21(39)16-27(24)48-28-17-22(40)9-12-25(28)31/h7-12,14,16-19,32,39H,3-6,13,15H2,1-2H3,(H,36,42)(H,37,41)(H,38,43)(H,44,45)/t18-,19-,32+/m1/s1. The number of rotatable bonds is 13. The number of phenolic OH excluding ortho intramolecular Hbond substituents is 1. The lowest BCUT2D eigenvalue weighted by molar-refractivity contribution is -0.176. The molecule has 5 rings (SSSR count). The lowest BCUT2D eigenvalue weighted by Gasteiger charge is -2.33. The van der Waals surface area contributed by atoms with Crippen molar-refractivity contribution in [3.8, 4) is 28.2 Å². The van der Waals surface area contributed by atoms with Gasteiger partial charge in [-0.1, -0.05) is 18.6 Å². The normalized spacial score (nSPS) is 16.1. The molecular weight excluding hydrogens is 622 g/mol. The average Bonchev–Trinajstić information content (AvgIpc) is 3.03. The maximum absolute atomic E-state index is 12.7. The number of amides is 3. The number of carboxylic acid groups (broad SMARTS) is 1. The zero-order valence-electron chi connectivity index (χ0n) is 26.3. The Bertz CT molecular complexity index is 1930. The van der Waals surface area contributed by atoms with Gasteiger partial charge in [-0.2, -0.15) is 0 Å². The Balaban J connectivity index is 1.14. The summed E-state index contributed by atoms with van der Waals surface area (Å²) in [5.74, 6) is -2.59. The van der Waals surface area contributed by atoms with Crippen LogP contribution in [0.5, 0.6) is 5.75 Å². The Morgan fingerprint density at radius 1 is 0.917 bits per heavy atom. The molecular formula is C35H35N3O10. The van der Waals surface area contributed by atoms with Gasteiger partial charge in [0.05, 0.1) is 12.0 Å². The van der Waals surface area contributed by atoms with Gasteiger partial charge in [0.15, 0.2) is 11.5 Å². The number of nitrogens with one attached hydrogen (secondary N) is 3. The fourth-order valence-corrected chi connectivity index (χ4v) is 5.59. The first kappa shape index (κ1) is 33.6. The molecule has 0 spiro atoms. The van der Waals surface area contributed by atoms with Gasteiger partial charge in [0, 0.05) is 41.6 Å². The van der Waals surface area contributed by atoms with Crippen molar-refractivity contribution in [2.45, 2.75) is 64.1 Å². The molecule has 3 amide bonds. The summed E-state index contributed by atoms with van der Waals surface area (Å²) in [6, 6.07) is 11.9. The number of ether oxygens (including phenoxy) is 1. The van der Waals surface area contributed by atoms with Crippen LogP contribution in [0.2, 0.25) is 0 Å². The molecule has 250 valence electrons. The predicted octanol–water partition coefficient (Wildman–Crippen LogP) is 3.12. The topological polar surface area (TPSA) is 201 Å². The second kappa shape index (κ2) is 14.4. The third kappa shape index (κ3) is 7.63. The van der Waals surface area contributed by atoms with Gasteiger partial charge < -0.3 is 35.3 Å². The van der Waals surface area contributed by atoms with Gasteiger partial charge in [-0.3, -0.25) is 19.2 Å². The molecule has 3 aliphatic rings.